The molecule has 0 radical (unpaired) electrons. The number of fused-ring (bicyclic) bond motifs is 1. The van der Waals surface area contributed by atoms with Crippen molar-refractivity contribution in [1.82, 2.24) is 39.7 Å². The lowest BCUT2D eigenvalue weighted by molar-refractivity contribution is -0.0384. The number of rotatable bonds is 10. The Bertz CT molecular complexity index is 1670. The molecule has 0 spiro atoms. The van der Waals surface area contributed by atoms with Gasteiger partial charge in [-0.05, 0) is 47.6 Å². The van der Waals surface area contributed by atoms with Crippen molar-refractivity contribution in [2.24, 2.45) is 0 Å². The molecule has 13 nitrogen and oxygen atoms in total. The predicted octanol–water partition coefficient (Wildman–Crippen LogP) is 3.38. The van der Waals surface area contributed by atoms with Crippen molar-refractivity contribution in [2.45, 2.75) is 62.8 Å². The molecule has 0 unspecified atom stereocenters. The molecule has 234 valence electrons. The molecule has 4 atom stereocenters. The number of nitrogens with zero attached hydrogens (tertiary/aromatic N) is 8. The Labute approximate surface area is 264 Å². The van der Waals surface area contributed by atoms with E-state index in [0.29, 0.717) is 36.0 Å². The van der Waals surface area contributed by atoms with Gasteiger partial charge in [-0.2, -0.15) is 26.5 Å². The fourth-order valence-electron chi connectivity index (χ4n) is 5.92. The first-order valence-corrected chi connectivity index (χ1v) is 16.5. The van der Waals surface area contributed by atoms with E-state index >= 15 is 0 Å². The van der Waals surface area contributed by atoms with E-state index in [1.807, 2.05) is 55.1 Å². The van der Waals surface area contributed by atoms with Gasteiger partial charge in [0.15, 0.2) is 29.3 Å². The molecular formula is C31H36N10O3S. The predicted molar refractivity (Wildman–Crippen MR) is 171 cm³/mol. The lowest BCUT2D eigenvalue weighted by atomic mass is 9.91. The van der Waals surface area contributed by atoms with Crippen LogP contribution in [0.4, 0.5) is 11.8 Å². The van der Waals surface area contributed by atoms with Crippen LogP contribution in [-0.4, -0.2) is 86.2 Å². The number of anilines is 2. The zero-order chi connectivity index (χ0) is 30.8. The third-order valence-corrected chi connectivity index (χ3v) is 9.42. The zero-order valence-electron chi connectivity index (χ0n) is 24.8. The molecule has 5 aromatic rings. The number of ether oxygens (including phenoxy) is 1. The molecule has 2 aliphatic heterocycles. The highest BCUT2D eigenvalue weighted by molar-refractivity contribution is 7.99. The van der Waals surface area contributed by atoms with Crippen molar-refractivity contribution in [3.05, 3.63) is 83.9 Å². The van der Waals surface area contributed by atoms with E-state index < -0.39 is 24.5 Å². The Morgan fingerprint density at radius 3 is 2.36 bits per heavy atom. The minimum absolute atomic E-state index is 0.0613. The summed E-state index contributed by atoms with van der Waals surface area (Å²) in [7, 11) is 0. The van der Waals surface area contributed by atoms with Crippen molar-refractivity contribution in [1.29, 1.82) is 0 Å². The number of imidazole rings is 1. The van der Waals surface area contributed by atoms with Gasteiger partial charge in [0, 0.05) is 18.5 Å². The Morgan fingerprint density at radius 2 is 1.69 bits per heavy atom. The SMILES string of the molecule is CCn1nnc([C@H]2O[C@@H](n3cnc4c(NCC(c5ccccc5)c5ccccc5)nc(NC5CCSCC5)nc43)[C@H](O)[C@@H]2O)n1. The second kappa shape index (κ2) is 13.1. The first-order valence-electron chi connectivity index (χ1n) is 15.3. The average Bonchev–Trinajstić information content (AvgIpc) is 3.80. The third-order valence-electron chi connectivity index (χ3n) is 8.37. The molecule has 4 N–H and O–H groups in total. The van der Waals surface area contributed by atoms with E-state index in [2.05, 4.69) is 55.3 Å². The number of aliphatic hydroxyl groups is 2. The zero-order valence-corrected chi connectivity index (χ0v) is 25.7. The van der Waals surface area contributed by atoms with Crippen LogP contribution in [0.2, 0.25) is 0 Å². The van der Waals surface area contributed by atoms with Crippen LogP contribution in [0.25, 0.3) is 11.2 Å². The Hall–Kier alpha value is -4.11. The summed E-state index contributed by atoms with van der Waals surface area (Å²) in [6, 6.07) is 21.0. The molecule has 0 amide bonds. The number of aryl methyl sites for hydroxylation is 1. The van der Waals surface area contributed by atoms with Gasteiger partial charge >= 0.3 is 0 Å². The van der Waals surface area contributed by atoms with Crippen molar-refractivity contribution in [2.75, 3.05) is 28.7 Å². The maximum Gasteiger partial charge on any atom is 0.227 e. The molecule has 2 saturated heterocycles. The maximum absolute atomic E-state index is 11.1. The lowest BCUT2D eigenvalue weighted by Gasteiger charge is -2.23. The van der Waals surface area contributed by atoms with Gasteiger partial charge in [0.1, 0.15) is 12.2 Å². The summed E-state index contributed by atoms with van der Waals surface area (Å²) < 4.78 is 7.81. The number of hydrogen-bond donors (Lipinski definition) is 4. The number of tetrazole rings is 1. The second-order valence-electron chi connectivity index (χ2n) is 11.3. The van der Waals surface area contributed by atoms with Gasteiger partial charge in [0.05, 0.1) is 12.9 Å². The quantitative estimate of drug-likeness (QED) is 0.179. The van der Waals surface area contributed by atoms with Gasteiger partial charge in [0.25, 0.3) is 0 Å². The maximum atomic E-state index is 11.1. The van der Waals surface area contributed by atoms with Crippen LogP contribution >= 0.6 is 11.8 Å². The minimum atomic E-state index is -1.28. The van der Waals surface area contributed by atoms with E-state index in [1.165, 1.54) is 15.9 Å². The largest absolute Gasteiger partial charge is 0.387 e. The molecule has 5 heterocycles. The van der Waals surface area contributed by atoms with Crippen LogP contribution < -0.4 is 10.6 Å². The lowest BCUT2D eigenvalue weighted by Crippen LogP contribution is -2.29. The highest BCUT2D eigenvalue weighted by atomic mass is 32.2. The molecule has 2 aliphatic rings. The second-order valence-corrected chi connectivity index (χ2v) is 12.5. The first-order chi connectivity index (χ1) is 22.1. The number of aromatic nitrogens is 8. The van der Waals surface area contributed by atoms with Crippen LogP contribution in [-0.2, 0) is 11.3 Å². The van der Waals surface area contributed by atoms with Crippen LogP contribution in [0.5, 0.6) is 0 Å². The number of benzene rings is 2. The summed E-state index contributed by atoms with van der Waals surface area (Å²) in [5.41, 5.74) is 3.36. The van der Waals surface area contributed by atoms with Gasteiger partial charge in [-0.25, -0.2) is 4.98 Å². The molecule has 0 saturated carbocycles. The molecular weight excluding hydrogens is 592 g/mol. The van der Waals surface area contributed by atoms with E-state index in [1.54, 1.807) is 10.9 Å². The summed E-state index contributed by atoms with van der Waals surface area (Å²) in [6.45, 7) is 2.97. The summed E-state index contributed by atoms with van der Waals surface area (Å²) in [5, 5.41) is 41.5. The average molecular weight is 629 g/mol. The van der Waals surface area contributed by atoms with Crippen molar-refractivity contribution in [3.63, 3.8) is 0 Å². The fraction of sp³-hybridized carbons (Fsp3) is 0.419. The first kappa shape index (κ1) is 29.6. The van der Waals surface area contributed by atoms with Gasteiger partial charge in [-0.1, -0.05) is 60.7 Å². The monoisotopic (exact) mass is 628 g/mol. The van der Waals surface area contributed by atoms with Crippen molar-refractivity contribution >= 4 is 34.7 Å². The molecule has 45 heavy (non-hydrogen) atoms. The van der Waals surface area contributed by atoms with Crippen molar-refractivity contribution < 1.29 is 14.9 Å². The molecule has 3 aromatic heterocycles. The molecule has 0 aliphatic carbocycles. The van der Waals surface area contributed by atoms with Gasteiger partial charge in [-0.3, -0.25) is 4.57 Å². The highest BCUT2D eigenvalue weighted by Gasteiger charge is 2.47. The minimum Gasteiger partial charge on any atom is -0.387 e. The molecule has 14 heteroatoms. The van der Waals surface area contributed by atoms with Crippen LogP contribution in [0.1, 0.15) is 55.0 Å². The van der Waals surface area contributed by atoms with E-state index in [-0.39, 0.29) is 17.8 Å². The number of nitrogens with one attached hydrogen (secondary N) is 2. The highest BCUT2D eigenvalue weighted by Crippen LogP contribution is 2.39. The number of aliphatic hydroxyl groups excluding tert-OH is 2. The van der Waals surface area contributed by atoms with E-state index in [9.17, 15) is 10.2 Å². The number of hydrogen-bond acceptors (Lipinski definition) is 12. The van der Waals surface area contributed by atoms with Crippen LogP contribution in [0.3, 0.4) is 0 Å². The molecule has 2 fully saturated rings. The molecule has 2 aromatic carbocycles. The summed E-state index contributed by atoms with van der Waals surface area (Å²) in [5.74, 6) is 3.47. The normalized spacial score (nSPS) is 22.3. The third kappa shape index (κ3) is 6.10. The number of thioether (sulfide) groups is 1. The van der Waals surface area contributed by atoms with Gasteiger partial charge in [-0.15, -0.1) is 10.2 Å². The Morgan fingerprint density at radius 1 is 0.978 bits per heavy atom. The summed E-state index contributed by atoms with van der Waals surface area (Å²) in [4.78, 5) is 15.8. The van der Waals surface area contributed by atoms with E-state index in [0.717, 1.165) is 24.3 Å². The summed E-state index contributed by atoms with van der Waals surface area (Å²) >= 11 is 1.95. The fourth-order valence-corrected chi connectivity index (χ4v) is 7.03. The summed E-state index contributed by atoms with van der Waals surface area (Å²) in [6.07, 6.45) is -0.889. The molecule has 7 rings (SSSR count). The van der Waals surface area contributed by atoms with Gasteiger partial charge < -0.3 is 25.6 Å². The topological polar surface area (TPSA) is 161 Å². The van der Waals surface area contributed by atoms with Gasteiger partial charge in [0.2, 0.25) is 11.8 Å². The van der Waals surface area contributed by atoms with Crippen LogP contribution in [0.15, 0.2) is 67.0 Å². The Kier molecular flexibility index (Phi) is 8.61. The Balaban J connectivity index is 1.23. The molecule has 0 bridgehead atoms. The standard InChI is InChI=1S/C31H36N10O3S/c1-2-41-38-28(37-39-41)26-24(42)25(43)30(44-26)40-18-33-23-27(35-31(36-29(23)40)34-21-13-15-45-16-14-21)32-17-22(19-9-5-3-6-10-19)20-11-7-4-8-12-20/h3-12,18,21-22,24-26,30,42-43H,2,13-17H2,1H3,(H2,32,34,35,36)/t24-,25+,26-,30+/m0/s1. The van der Waals surface area contributed by atoms with E-state index in [4.69, 9.17) is 14.7 Å². The van der Waals surface area contributed by atoms with Crippen molar-refractivity contribution in [3.8, 4) is 0 Å². The smallest absolute Gasteiger partial charge is 0.227 e. The van der Waals surface area contributed by atoms with Crippen LogP contribution in [0, 0.1) is 0 Å².